The topological polar surface area (TPSA) is 57.8 Å². The number of amides is 1. The zero-order valence-corrected chi connectivity index (χ0v) is 17.1. The van der Waals surface area contributed by atoms with Gasteiger partial charge in [0.15, 0.2) is 0 Å². The molecule has 144 valence electrons. The average molecular weight is 422 g/mol. The van der Waals surface area contributed by atoms with Gasteiger partial charge in [-0.3, -0.25) is 4.79 Å². The van der Waals surface area contributed by atoms with E-state index in [9.17, 15) is 4.79 Å². The van der Waals surface area contributed by atoms with Crippen LogP contribution in [0, 0.1) is 6.92 Å². The van der Waals surface area contributed by atoms with E-state index in [0.717, 1.165) is 39.2 Å². The van der Waals surface area contributed by atoms with Crippen molar-refractivity contribution in [3.05, 3.63) is 87.9 Å². The third kappa shape index (κ3) is 4.34. The molecule has 0 aliphatic heterocycles. The van der Waals surface area contributed by atoms with E-state index in [1.54, 1.807) is 24.3 Å². The van der Waals surface area contributed by atoms with Gasteiger partial charge in [0.1, 0.15) is 5.82 Å². The molecule has 3 aromatic carbocycles. The summed E-state index contributed by atoms with van der Waals surface area (Å²) in [6, 6.07) is 18.8. The molecule has 29 heavy (non-hydrogen) atoms. The molecule has 0 atom stereocenters. The zero-order chi connectivity index (χ0) is 20.4. The van der Waals surface area contributed by atoms with Crippen LogP contribution >= 0.6 is 23.2 Å². The number of hydrogen-bond donors (Lipinski definition) is 2. The minimum atomic E-state index is -0.249. The summed E-state index contributed by atoms with van der Waals surface area (Å²) in [6.07, 6.45) is 3.11. The number of aromatic amines is 1. The van der Waals surface area contributed by atoms with E-state index >= 15 is 0 Å². The molecule has 1 amide bonds. The second kappa shape index (κ2) is 8.11. The Kier molecular flexibility index (Phi) is 5.38. The van der Waals surface area contributed by atoms with Gasteiger partial charge in [-0.05, 0) is 54.5 Å². The van der Waals surface area contributed by atoms with Gasteiger partial charge in [0, 0.05) is 27.4 Å². The number of aryl methyl sites for hydroxylation is 1. The Bertz CT molecular complexity index is 1210. The number of imidazole rings is 1. The van der Waals surface area contributed by atoms with Crippen LogP contribution in [-0.4, -0.2) is 15.9 Å². The Labute approximate surface area is 178 Å². The van der Waals surface area contributed by atoms with E-state index in [-0.39, 0.29) is 5.91 Å². The van der Waals surface area contributed by atoms with Crippen molar-refractivity contribution in [2.24, 2.45) is 0 Å². The summed E-state index contributed by atoms with van der Waals surface area (Å²) in [5.74, 6) is 0.506. The van der Waals surface area contributed by atoms with Crippen molar-refractivity contribution in [2.45, 2.75) is 6.92 Å². The molecular formula is C23H17Cl2N3O. The molecule has 4 nitrogen and oxygen atoms in total. The van der Waals surface area contributed by atoms with Crippen LogP contribution in [0.4, 0.5) is 5.69 Å². The minimum absolute atomic E-state index is 0.249. The molecule has 1 heterocycles. The number of nitrogens with one attached hydrogen (secondary N) is 2. The van der Waals surface area contributed by atoms with E-state index in [1.807, 2.05) is 49.4 Å². The number of carbonyl (C=O) groups excluding carboxylic acids is 1. The fourth-order valence-corrected chi connectivity index (χ4v) is 3.44. The second-order valence-corrected chi connectivity index (χ2v) is 7.46. The molecule has 0 saturated carbocycles. The highest BCUT2D eigenvalue weighted by Crippen LogP contribution is 2.26. The van der Waals surface area contributed by atoms with Gasteiger partial charge in [-0.2, -0.15) is 0 Å². The lowest BCUT2D eigenvalue weighted by molar-refractivity contribution is -0.111. The van der Waals surface area contributed by atoms with E-state index in [2.05, 4.69) is 15.3 Å². The van der Waals surface area contributed by atoms with Gasteiger partial charge in [0.25, 0.3) is 0 Å². The van der Waals surface area contributed by atoms with Crippen LogP contribution in [0.25, 0.3) is 28.5 Å². The van der Waals surface area contributed by atoms with Gasteiger partial charge in [-0.15, -0.1) is 0 Å². The predicted molar refractivity (Wildman–Crippen MR) is 120 cm³/mol. The Balaban J connectivity index is 1.56. The van der Waals surface area contributed by atoms with E-state index in [1.165, 1.54) is 6.08 Å². The number of fused-ring (bicyclic) bond motifs is 1. The summed E-state index contributed by atoms with van der Waals surface area (Å²) in [5, 5.41) is 3.96. The Morgan fingerprint density at radius 2 is 1.90 bits per heavy atom. The van der Waals surface area contributed by atoms with E-state index in [0.29, 0.717) is 10.0 Å². The first-order valence-corrected chi connectivity index (χ1v) is 9.75. The second-order valence-electron chi connectivity index (χ2n) is 6.62. The summed E-state index contributed by atoms with van der Waals surface area (Å²) in [5.41, 5.74) is 5.16. The fourth-order valence-electron chi connectivity index (χ4n) is 2.97. The maximum atomic E-state index is 12.4. The number of H-pyrrole nitrogens is 1. The van der Waals surface area contributed by atoms with Gasteiger partial charge in [-0.25, -0.2) is 4.98 Å². The Morgan fingerprint density at radius 3 is 2.69 bits per heavy atom. The van der Waals surface area contributed by atoms with E-state index in [4.69, 9.17) is 23.2 Å². The first-order valence-electron chi connectivity index (χ1n) is 8.99. The monoisotopic (exact) mass is 421 g/mol. The number of nitrogens with zero attached hydrogens (tertiary/aromatic N) is 1. The number of hydrogen-bond acceptors (Lipinski definition) is 2. The summed E-state index contributed by atoms with van der Waals surface area (Å²) in [7, 11) is 0. The molecule has 2 N–H and O–H groups in total. The van der Waals surface area contributed by atoms with Gasteiger partial charge >= 0.3 is 0 Å². The average Bonchev–Trinajstić information content (AvgIpc) is 3.13. The summed E-state index contributed by atoms with van der Waals surface area (Å²) < 4.78 is 0. The highest BCUT2D eigenvalue weighted by atomic mass is 35.5. The highest BCUT2D eigenvalue weighted by molar-refractivity contribution is 6.35. The first-order chi connectivity index (χ1) is 14.0. The number of anilines is 1. The van der Waals surface area contributed by atoms with Crippen molar-refractivity contribution in [3.8, 4) is 11.4 Å². The molecule has 0 radical (unpaired) electrons. The summed E-state index contributed by atoms with van der Waals surface area (Å²) in [4.78, 5) is 20.3. The first kappa shape index (κ1) is 19.2. The van der Waals surface area contributed by atoms with Crippen LogP contribution in [-0.2, 0) is 4.79 Å². The normalized spacial score (nSPS) is 11.3. The molecule has 0 aliphatic rings. The highest BCUT2D eigenvalue weighted by Gasteiger charge is 2.09. The number of rotatable bonds is 4. The van der Waals surface area contributed by atoms with Gasteiger partial charge in [0.05, 0.1) is 11.0 Å². The van der Waals surface area contributed by atoms with Crippen LogP contribution in [0.3, 0.4) is 0 Å². The van der Waals surface area contributed by atoms with Crippen molar-refractivity contribution in [1.82, 2.24) is 9.97 Å². The molecule has 1 aromatic heterocycles. The third-order valence-corrected chi connectivity index (χ3v) is 5.10. The van der Waals surface area contributed by atoms with Gasteiger partial charge < -0.3 is 10.3 Å². The number of aromatic nitrogens is 2. The molecule has 0 spiro atoms. The van der Waals surface area contributed by atoms with Crippen molar-refractivity contribution in [2.75, 3.05) is 5.32 Å². The predicted octanol–water partition coefficient (Wildman–Crippen LogP) is 6.50. The van der Waals surface area contributed by atoms with Gasteiger partial charge in [-0.1, -0.05) is 53.5 Å². The van der Waals surface area contributed by atoms with E-state index < -0.39 is 0 Å². The van der Waals surface area contributed by atoms with Gasteiger partial charge in [0.2, 0.25) is 5.91 Å². The van der Waals surface area contributed by atoms with Crippen LogP contribution in [0.2, 0.25) is 10.0 Å². The van der Waals surface area contributed by atoms with Crippen molar-refractivity contribution in [1.29, 1.82) is 0 Å². The number of para-hydroxylation sites is 2. The van der Waals surface area contributed by atoms with Crippen LogP contribution in [0.1, 0.15) is 11.1 Å². The summed E-state index contributed by atoms with van der Waals surface area (Å²) >= 11 is 12.0. The molecule has 0 aliphatic carbocycles. The van der Waals surface area contributed by atoms with Crippen LogP contribution < -0.4 is 5.32 Å². The Morgan fingerprint density at radius 1 is 1.07 bits per heavy atom. The molecule has 0 bridgehead atoms. The largest absolute Gasteiger partial charge is 0.338 e. The minimum Gasteiger partial charge on any atom is -0.338 e. The standard InChI is InChI=1S/C23H17Cl2N3O/c1-14-6-7-16(23-27-19-4-2-3-5-20(19)28-23)12-21(14)26-22(29)11-9-15-8-10-17(24)13-18(15)25/h2-13H,1H3,(H,26,29)(H,27,28). The number of carbonyl (C=O) groups is 1. The molecule has 6 heteroatoms. The smallest absolute Gasteiger partial charge is 0.248 e. The maximum Gasteiger partial charge on any atom is 0.248 e. The SMILES string of the molecule is Cc1ccc(-c2nc3ccccc3[nH]2)cc1NC(=O)C=Cc1ccc(Cl)cc1Cl. The lowest BCUT2D eigenvalue weighted by Gasteiger charge is -2.08. The lowest BCUT2D eigenvalue weighted by atomic mass is 10.1. The summed E-state index contributed by atoms with van der Waals surface area (Å²) in [6.45, 7) is 1.94. The Hall–Kier alpha value is -3.08. The van der Waals surface area contributed by atoms with Crippen LogP contribution in [0.15, 0.2) is 66.7 Å². The molecular weight excluding hydrogens is 405 g/mol. The zero-order valence-electron chi connectivity index (χ0n) is 15.5. The molecule has 4 rings (SSSR count). The quantitative estimate of drug-likeness (QED) is 0.369. The molecule has 0 unspecified atom stereocenters. The number of benzene rings is 3. The van der Waals surface area contributed by atoms with Crippen molar-refractivity contribution in [3.63, 3.8) is 0 Å². The van der Waals surface area contributed by atoms with Crippen molar-refractivity contribution < 1.29 is 4.79 Å². The third-order valence-electron chi connectivity index (χ3n) is 4.54. The molecule has 0 fully saturated rings. The van der Waals surface area contributed by atoms with Crippen molar-refractivity contribution >= 4 is 51.9 Å². The fraction of sp³-hybridized carbons (Fsp3) is 0.0435. The molecule has 4 aromatic rings. The number of halogens is 2. The molecule has 0 saturated heterocycles. The van der Waals surface area contributed by atoms with Crippen LogP contribution in [0.5, 0.6) is 0 Å². The lowest BCUT2D eigenvalue weighted by Crippen LogP contribution is -2.09. The maximum absolute atomic E-state index is 12.4.